The van der Waals surface area contributed by atoms with Crippen molar-refractivity contribution in [3.8, 4) is 0 Å². The maximum atomic E-state index is 12.4. The number of aryl methyl sites for hydroxylation is 1. The number of urea groups is 1. The lowest BCUT2D eigenvalue weighted by atomic mass is 10.1. The van der Waals surface area contributed by atoms with Gasteiger partial charge in [0.15, 0.2) is 0 Å². The third kappa shape index (κ3) is 5.31. The molecule has 0 bridgehead atoms. The molecular formula is C19H15Cl2N3O4S2. The van der Waals surface area contributed by atoms with Gasteiger partial charge in [0, 0.05) is 11.4 Å². The Morgan fingerprint density at radius 2 is 1.70 bits per heavy atom. The molecule has 1 aromatic heterocycles. The lowest BCUT2D eigenvalue weighted by Gasteiger charge is -2.12. The van der Waals surface area contributed by atoms with Gasteiger partial charge in [-0.15, -0.1) is 11.3 Å². The van der Waals surface area contributed by atoms with Crippen LogP contribution < -0.4 is 15.4 Å². The Labute approximate surface area is 187 Å². The van der Waals surface area contributed by atoms with Crippen molar-refractivity contribution in [1.29, 1.82) is 0 Å². The molecule has 0 saturated carbocycles. The Kier molecular flexibility index (Phi) is 6.67. The van der Waals surface area contributed by atoms with E-state index in [4.69, 9.17) is 23.2 Å². The third-order valence-electron chi connectivity index (χ3n) is 3.89. The molecule has 0 radical (unpaired) electrons. The van der Waals surface area contributed by atoms with E-state index in [2.05, 4.69) is 10.6 Å². The number of hydrogen-bond donors (Lipinski definition) is 3. The summed E-state index contributed by atoms with van der Waals surface area (Å²) in [7, 11) is -4.03. The van der Waals surface area contributed by atoms with Gasteiger partial charge < -0.3 is 10.6 Å². The van der Waals surface area contributed by atoms with E-state index in [-0.39, 0.29) is 10.1 Å². The molecule has 2 aromatic carbocycles. The average Bonchev–Trinajstić information content (AvgIpc) is 3.11. The van der Waals surface area contributed by atoms with Crippen LogP contribution in [0.3, 0.4) is 0 Å². The first-order valence-corrected chi connectivity index (χ1v) is 11.5. The lowest BCUT2D eigenvalue weighted by Crippen LogP contribution is -2.33. The van der Waals surface area contributed by atoms with E-state index >= 15 is 0 Å². The van der Waals surface area contributed by atoms with Crippen molar-refractivity contribution < 1.29 is 18.0 Å². The highest BCUT2D eigenvalue weighted by Gasteiger charge is 2.20. The van der Waals surface area contributed by atoms with Gasteiger partial charge in [0.1, 0.15) is 4.21 Å². The largest absolute Gasteiger partial charge is 0.333 e. The zero-order chi connectivity index (χ0) is 21.9. The van der Waals surface area contributed by atoms with Gasteiger partial charge in [0.25, 0.3) is 15.9 Å². The van der Waals surface area contributed by atoms with E-state index < -0.39 is 16.1 Å². The first-order chi connectivity index (χ1) is 14.2. The average molecular weight is 484 g/mol. The van der Waals surface area contributed by atoms with Crippen LogP contribution in [0.15, 0.2) is 58.8 Å². The normalized spacial score (nSPS) is 11.0. The minimum atomic E-state index is -4.03. The topological polar surface area (TPSA) is 104 Å². The Balaban J connectivity index is 1.67. The molecule has 0 saturated heterocycles. The monoisotopic (exact) mass is 483 g/mol. The lowest BCUT2D eigenvalue weighted by molar-refractivity contribution is 0.102. The van der Waals surface area contributed by atoms with Crippen LogP contribution in [-0.2, 0) is 10.0 Å². The molecule has 7 nitrogen and oxygen atoms in total. The predicted octanol–water partition coefficient (Wildman–Crippen LogP) is 5.13. The highest BCUT2D eigenvalue weighted by Crippen LogP contribution is 2.26. The van der Waals surface area contributed by atoms with Gasteiger partial charge in [-0.2, -0.15) is 0 Å². The van der Waals surface area contributed by atoms with E-state index in [1.807, 2.05) is 4.72 Å². The van der Waals surface area contributed by atoms with Crippen LogP contribution in [-0.4, -0.2) is 20.4 Å². The first kappa shape index (κ1) is 22.1. The molecule has 0 aliphatic heterocycles. The van der Waals surface area contributed by atoms with Crippen molar-refractivity contribution in [1.82, 2.24) is 4.72 Å². The Morgan fingerprint density at radius 3 is 2.33 bits per heavy atom. The number of nitrogens with one attached hydrogen (secondary N) is 3. The van der Waals surface area contributed by atoms with Gasteiger partial charge in [-0.1, -0.05) is 35.3 Å². The van der Waals surface area contributed by atoms with Gasteiger partial charge in [-0.3, -0.25) is 4.79 Å². The molecule has 0 atom stereocenters. The number of thiophene rings is 1. The van der Waals surface area contributed by atoms with Crippen LogP contribution in [0.1, 0.15) is 15.9 Å². The number of sulfonamides is 1. The van der Waals surface area contributed by atoms with E-state index in [1.165, 1.54) is 18.2 Å². The van der Waals surface area contributed by atoms with Crippen LogP contribution in [0.25, 0.3) is 0 Å². The molecule has 1 heterocycles. The molecule has 0 fully saturated rings. The van der Waals surface area contributed by atoms with Crippen molar-refractivity contribution in [2.24, 2.45) is 0 Å². The number of carbonyl (C=O) groups excluding carboxylic acids is 2. The molecule has 30 heavy (non-hydrogen) atoms. The Bertz CT molecular complexity index is 1230. The fourth-order valence-electron chi connectivity index (χ4n) is 2.49. The molecule has 0 aliphatic rings. The number of anilines is 2. The molecule has 0 unspecified atom stereocenters. The molecule has 0 aliphatic carbocycles. The third-order valence-corrected chi connectivity index (χ3v) is 7.27. The molecule has 3 aromatic rings. The number of benzene rings is 2. The molecular weight excluding hydrogens is 469 g/mol. The quantitative estimate of drug-likeness (QED) is 0.467. The SMILES string of the molecule is Cc1cc(NC(=O)NS(=O)(=O)c2ccc(Cl)s2)ccc1NC(=O)c1ccccc1Cl. The molecule has 3 amide bonds. The highest BCUT2D eigenvalue weighted by atomic mass is 35.5. The Morgan fingerprint density at radius 1 is 0.967 bits per heavy atom. The highest BCUT2D eigenvalue weighted by molar-refractivity contribution is 7.92. The molecule has 3 rings (SSSR count). The zero-order valence-electron chi connectivity index (χ0n) is 15.4. The number of amides is 3. The standard InChI is InChI=1S/C19H15Cl2N3O4S2/c1-11-10-12(22-19(26)24-30(27,28)17-9-8-16(21)29-17)6-7-15(11)23-18(25)13-4-2-3-5-14(13)20/h2-10H,1H3,(H,23,25)(H2,22,24,26). The predicted molar refractivity (Wildman–Crippen MR) is 119 cm³/mol. The first-order valence-electron chi connectivity index (χ1n) is 8.41. The van der Waals surface area contributed by atoms with Crippen molar-refractivity contribution in [2.45, 2.75) is 11.1 Å². The Hall–Kier alpha value is -2.59. The van der Waals surface area contributed by atoms with E-state index in [1.54, 1.807) is 43.3 Å². The van der Waals surface area contributed by atoms with E-state index in [0.717, 1.165) is 11.3 Å². The summed E-state index contributed by atoms with van der Waals surface area (Å²) in [5.41, 5.74) is 1.85. The fraction of sp³-hybridized carbons (Fsp3) is 0.0526. The smallest absolute Gasteiger partial charge is 0.322 e. The van der Waals surface area contributed by atoms with Crippen molar-refractivity contribution >= 4 is 67.9 Å². The van der Waals surface area contributed by atoms with Gasteiger partial charge >= 0.3 is 6.03 Å². The summed E-state index contributed by atoms with van der Waals surface area (Å²) in [4.78, 5) is 24.5. The van der Waals surface area contributed by atoms with Crippen LogP contribution in [0.5, 0.6) is 0 Å². The second-order valence-electron chi connectivity index (χ2n) is 6.08. The number of hydrogen-bond acceptors (Lipinski definition) is 5. The van der Waals surface area contributed by atoms with Crippen LogP contribution in [0.2, 0.25) is 9.36 Å². The summed E-state index contributed by atoms with van der Waals surface area (Å²) in [6, 6.07) is 13.2. The second kappa shape index (κ2) is 9.05. The van der Waals surface area contributed by atoms with Crippen LogP contribution in [0, 0.1) is 6.92 Å². The maximum absolute atomic E-state index is 12.4. The minimum Gasteiger partial charge on any atom is -0.322 e. The van der Waals surface area contributed by atoms with Crippen molar-refractivity contribution in [3.63, 3.8) is 0 Å². The molecule has 3 N–H and O–H groups in total. The van der Waals surface area contributed by atoms with Crippen LogP contribution in [0.4, 0.5) is 16.2 Å². The number of halogens is 2. The fourth-order valence-corrected chi connectivity index (χ4v) is 5.10. The molecule has 156 valence electrons. The van der Waals surface area contributed by atoms with Gasteiger partial charge in [0.2, 0.25) is 0 Å². The maximum Gasteiger partial charge on any atom is 0.333 e. The molecule has 0 spiro atoms. The molecule has 11 heteroatoms. The summed E-state index contributed by atoms with van der Waals surface area (Å²) < 4.78 is 26.5. The zero-order valence-corrected chi connectivity index (χ0v) is 18.5. The summed E-state index contributed by atoms with van der Waals surface area (Å²) in [6.07, 6.45) is 0. The van der Waals surface area contributed by atoms with Crippen molar-refractivity contribution in [3.05, 3.63) is 75.1 Å². The van der Waals surface area contributed by atoms with Gasteiger partial charge in [-0.05, 0) is 55.0 Å². The van der Waals surface area contributed by atoms with E-state index in [9.17, 15) is 18.0 Å². The summed E-state index contributed by atoms with van der Waals surface area (Å²) >= 11 is 12.6. The summed E-state index contributed by atoms with van der Waals surface area (Å²) in [5, 5.41) is 5.53. The number of carbonyl (C=O) groups is 2. The minimum absolute atomic E-state index is 0.0727. The second-order valence-corrected chi connectivity index (χ2v) is 10.1. The van der Waals surface area contributed by atoms with Gasteiger partial charge in [0.05, 0.1) is 14.9 Å². The van der Waals surface area contributed by atoms with Crippen molar-refractivity contribution in [2.75, 3.05) is 10.6 Å². The van der Waals surface area contributed by atoms with Crippen LogP contribution >= 0.6 is 34.5 Å². The van der Waals surface area contributed by atoms with Gasteiger partial charge in [-0.25, -0.2) is 17.9 Å². The summed E-state index contributed by atoms with van der Waals surface area (Å²) in [5.74, 6) is -0.372. The van der Waals surface area contributed by atoms with E-state index in [0.29, 0.717) is 31.9 Å². The summed E-state index contributed by atoms with van der Waals surface area (Å²) in [6.45, 7) is 1.73. The number of rotatable bonds is 5.